The number of hydrazone groups is 1. The molecule has 0 spiro atoms. The van der Waals surface area contributed by atoms with Crippen molar-refractivity contribution in [1.82, 2.24) is 5.43 Å². The van der Waals surface area contributed by atoms with Crippen LogP contribution in [0.1, 0.15) is 16.1 Å². The minimum absolute atomic E-state index is 0.0646. The first kappa shape index (κ1) is 19.6. The molecule has 3 aromatic rings. The van der Waals surface area contributed by atoms with Gasteiger partial charge in [-0.2, -0.15) is 5.10 Å². The van der Waals surface area contributed by atoms with Crippen molar-refractivity contribution in [3.05, 3.63) is 76.0 Å². The minimum atomic E-state index is -0.480. The van der Waals surface area contributed by atoms with E-state index in [1.54, 1.807) is 48.5 Å². The summed E-state index contributed by atoms with van der Waals surface area (Å²) in [6, 6.07) is 14.2. The third kappa shape index (κ3) is 4.41. The fourth-order valence-electron chi connectivity index (χ4n) is 2.61. The van der Waals surface area contributed by atoms with Gasteiger partial charge in [0, 0.05) is 12.1 Å². The Morgan fingerprint density at radius 1 is 1.14 bits per heavy atom. The molecule has 1 aromatic heterocycles. The van der Waals surface area contributed by atoms with Gasteiger partial charge in [0.25, 0.3) is 11.6 Å². The lowest BCUT2D eigenvalue weighted by Crippen LogP contribution is -2.18. The van der Waals surface area contributed by atoms with Crippen molar-refractivity contribution in [2.75, 3.05) is 14.2 Å². The maximum atomic E-state index is 12.3. The Bertz CT molecular complexity index is 1070. The lowest BCUT2D eigenvalue weighted by atomic mass is 10.1. The number of nitrogens with one attached hydrogen (secondary N) is 1. The highest BCUT2D eigenvalue weighted by atomic mass is 16.6. The molecule has 9 heteroatoms. The highest BCUT2D eigenvalue weighted by molar-refractivity contribution is 5.97. The molecule has 148 valence electrons. The van der Waals surface area contributed by atoms with Gasteiger partial charge in [0.1, 0.15) is 23.0 Å². The quantitative estimate of drug-likeness (QED) is 0.371. The Morgan fingerprint density at radius 2 is 1.93 bits per heavy atom. The molecular weight excluding hydrogens is 378 g/mol. The molecule has 9 nitrogen and oxygen atoms in total. The number of ether oxygens (including phenoxy) is 2. The van der Waals surface area contributed by atoms with Gasteiger partial charge in [-0.15, -0.1) is 0 Å². The van der Waals surface area contributed by atoms with Crippen LogP contribution in [0, 0.1) is 10.1 Å². The first-order chi connectivity index (χ1) is 14.0. The van der Waals surface area contributed by atoms with Gasteiger partial charge in [-0.1, -0.05) is 12.1 Å². The average Bonchev–Trinajstić information content (AvgIpc) is 3.21. The second kappa shape index (κ2) is 8.70. The van der Waals surface area contributed by atoms with E-state index >= 15 is 0 Å². The zero-order valence-corrected chi connectivity index (χ0v) is 15.6. The van der Waals surface area contributed by atoms with Crippen molar-refractivity contribution >= 4 is 17.8 Å². The predicted molar refractivity (Wildman–Crippen MR) is 105 cm³/mol. The van der Waals surface area contributed by atoms with E-state index in [0.29, 0.717) is 28.6 Å². The molecule has 1 amide bonds. The van der Waals surface area contributed by atoms with Crippen LogP contribution in [0.4, 0.5) is 5.69 Å². The number of furan rings is 1. The monoisotopic (exact) mass is 395 g/mol. The largest absolute Gasteiger partial charge is 0.497 e. The van der Waals surface area contributed by atoms with Crippen LogP contribution >= 0.6 is 0 Å². The number of amides is 1. The summed E-state index contributed by atoms with van der Waals surface area (Å²) >= 11 is 0. The van der Waals surface area contributed by atoms with Gasteiger partial charge in [-0.05, 0) is 30.3 Å². The number of hydrogen-bond donors (Lipinski definition) is 1. The second-order valence-corrected chi connectivity index (χ2v) is 5.74. The summed E-state index contributed by atoms with van der Waals surface area (Å²) in [5, 5.41) is 15.0. The number of methoxy groups -OCH3 is 2. The average molecular weight is 395 g/mol. The first-order valence-electron chi connectivity index (χ1n) is 8.42. The van der Waals surface area contributed by atoms with Crippen LogP contribution in [0.5, 0.6) is 11.5 Å². The summed E-state index contributed by atoms with van der Waals surface area (Å²) in [7, 11) is 2.96. The van der Waals surface area contributed by atoms with Crippen LogP contribution in [0.3, 0.4) is 0 Å². The van der Waals surface area contributed by atoms with Crippen LogP contribution in [0.2, 0.25) is 0 Å². The molecule has 0 atom stereocenters. The van der Waals surface area contributed by atoms with E-state index in [2.05, 4.69) is 10.5 Å². The molecule has 0 bridgehead atoms. The van der Waals surface area contributed by atoms with Gasteiger partial charge in [0.05, 0.1) is 36.5 Å². The molecule has 1 N–H and O–H groups in total. The summed E-state index contributed by atoms with van der Waals surface area (Å²) in [6.07, 6.45) is 1.30. The number of nitrogens with zero attached hydrogens (tertiary/aromatic N) is 2. The molecule has 0 fully saturated rings. The molecule has 0 saturated heterocycles. The van der Waals surface area contributed by atoms with E-state index in [4.69, 9.17) is 13.9 Å². The molecular formula is C20H17N3O6. The Kier molecular flexibility index (Phi) is 5.88. The first-order valence-corrected chi connectivity index (χ1v) is 8.42. The van der Waals surface area contributed by atoms with Crippen molar-refractivity contribution in [3.8, 4) is 22.8 Å². The predicted octanol–water partition coefficient (Wildman–Crippen LogP) is 3.64. The Hall–Kier alpha value is -4.14. The van der Waals surface area contributed by atoms with Gasteiger partial charge < -0.3 is 13.9 Å². The van der Waals surface area contributed by atoms with Gasteiger partial charge >= 0.3 is 0 Å². The van der Waals surface area contributed by atoms with E-state index in [1.807, 2.05) is 0 Å². The van der Waals surface area contributed by atoms with Crippen LogP contribution in [-0.4, -0.2) is 31.3 Å². The molecule has 0 aliphatic heterocycles. The highest BCUT2D eigenvalue weighted by Crippen LogP contribution is 2.30. The third-order valence-corrected chi connectivity index (χ3v) is 4.00. The van der Waals surface area contributed by atoms with E-state index in [0.717, 1.165) is 0 Å². The van der Waals surface area contributed by atoms with Crippen molar-refractivity contribution in [1.29, 1.82) is 0 Å². The molecule has 3 rings (SSSR count). The standard InChI is InChI=1S/C20H17N3O6/c1-27-13-7-9-16(19(11-13)28-2)20(24)22-21-12-14-8-10-18(29-14)15-5-3-4-6-17(15)23(25)26/h3-12H,1-2H3,(H,22,24)/b21-12-. The van der Waals surface area contributed by atoms with Crippen LogP contribution in [-0.2, 0) is 0 Å². The number of para-hydroxylation sites is 1. The van der Waals surface area contributed by atoms with Crippen LogP contribution < -0.4 is 14.9 Å². The summed E-state index contributed by atoms with van der Waals surface area (Å²) in [4.78, 5) is 23.0. The summed E-state index contributed by atoms with van der Waals surface area (Å²) in [6.45, 7) is 0. The Morgan fingerprint density at radius 3 is 2.66 bits per heavy atom. The maximum Gasteiger partial charge on any atom is 0.280 e. The van der Waals surface area contributed by atoms with E-state index in [9.17, 15) is 14.9 Å². The molecule has 0 radical (unpaired) electrons. The number of rotatable bonds is 7. The fraction of sp³-hybridized carbons (Fsp3) is 0.100. The fourth-order valence-corrected chi connectivity index (χ4v) is 2.61. The van der Waals surface area contributed by atoms with Gasteiger partial charge in [-0.3, -0.25) is 14.9 Å². The van der Waals surface area contributed by atoms with Gasteiger partial charge in [0.15, 0.2) is 0 Å². The van der Waals surface area contributed by atoms with Crippen LogP contribution in [0.25, 0.3) is 11.3 Å². The molecule has 2 aromatic carbocycles. The molecule has 1 heterocycles. The summed E-state index contributed by atoms with van der Waals surface area (Å²) < 4.78 is 15.9. The number of nitro groups is 1. The molecule has 0 aliphatic carbocycles. The van der Waals surface area contributed by atoms with E-state index < -0.39 is 10.8 Å². The lowest BCUT2D eigenvalue weighted by molar-refractivity contribution is -0.384. The van der Waals surface area contributed by atoms with Gasteiger partial charge in [0.2, 0.25) is 0 Å². The third-order valence-electron chi connectivity index (χ3n) is 4.00. The van der Waals surface area contributed by atoms with Crippen LogP contribution in [0.15, 0.2) is 64.1 Å². The van der Waals surface area contributed by atoms with E-state index in [-0.39, 0.29) is 11.3 Å². The maximum absolute atomic E-state index is 12.3. The topological polar surface area (TPSA) is 116 Å². The normalized spacial score (nSPS) is 10.7. The number of carbonyl (C=O) groups excluding carboxylic acids is 1. The summed E-state index contributed by atoms with van der Waals surface area (Å²) in [5.41, 5.74) is 2.95. The van der Waals surface area contributed by atoms with Gasteiger partial charge in [-0.25, -0.2) is 5.43 Å². The molecule has 0 unspecified atom stereocenters. The van der Waals surface area contributed by atoms with Crippen molar-refractivity contribution in [2.24, 2.45) is 5.10 Å². The highest BCUT2D eigenvalue weighted by Gasteiger charge is 2.17. The molecule has 0 aliphatic rings. The van der Waals surface area contributed by atoms with Crippen molar-refractivity contribution < 1.29 is 23.6 Å². The molecule has 0 saturated carbocycles. The number of nitro benzene ring substituents is 1. The smallest absolute Gasteiger partial charge is 0.280 e. The van der Waals surface area contributed by atoms with E-state index in [1.165, 1.54) is 26.5 Å². The lowest BCUT2D eigenvalue weighted by Gasteiger charge is -2.08. The minimum Gasteiger partial charge on any atom is -0.497 e. The Balaban J connectivity index is 1.73. The zero-order chi connectivity index (χ0) is 20.8. The van der Waals surface area contributed by atoms with Crippen molar-refractivity contribution in [3.63, 3.8) is 0 Å². The van der Waals surface area contributed by atoms with Crippen molar-refractivity contribution in [2.45, 2.75) is 0 Å². The SMILES string of the molecule is COc1ccc(C(=O)N/N=C\c2ccc(-c3ccccc3[N+](=O)[O-])o2)c(OC)c1. The zero-order valence-electron chi connectivity index (χ0n) is 15.6. The Labute approximate surface area is 165 Å². The molecule has 29 heavy (non-hydrogen) atoms. The second-order valence-electron chi connectivity index (χ2n) is 5.74. The number of hydrogen-bond acceptors (Lipinski definition) is 7. The summed E-state index contributed by atoms with van der Waals surface area (Å²) in [5.74, 6) is 1.06. The number of carbonyl (C=O) groups is 1. The number of benzene rings is 2.